The maximum Gasteiger partial charge on any atom is 0.319 e. The number of amides is 2. The number of fused-ring (bicyclic) bond motifs is 1. The second kappa shape index (κ2) is 8.71. The van der Waals surface area contributed by atoms with Crippen LogP contribution >= 0.6 is 0 Å². The number of hydrogen-bond acceptors (Lipinski definition) is 6. The van der Waals surface area contributed by atoms with Crippen molar-refractivity contribution in [3.05, 3.63) is 42.1 Å². The van der Waals surface area contributed by atoms with Crippen LogP contribution in [0.1, 0.15) is 67.9 Å². The number of urea groups is 1. The minimum Gasteiger partial charge on any atom is -0.383 e. The van der Waals surface area contributed by atoms with Crippen molar-refractivity contribution < 1.29 is 9.59 Å². The van der Waals surface area contributed by atoms with Gasteiger partial charge in [0.25, 0.3) is 0 Å². The van der Waals surface area contributed by atoms with Gasteiger partial charge in [-0.3, -0.25) is 9.78 Å². The number of carbonyl (C=O) groups excluding carboxylic acids is 2. The standard InChI is InChI=1S/C22H27N7O2/c1-13(2)29-11-17(18-20(23)25-12-26-21(18)29)19(30)14-8-16(10-24-9-14)28-22(31)27-15-6-4-3-5-7-15/h8-13,15H,3-7H2,1-2H3,(H2,23,25,26)(H2,27,28,31). The van der Waals surface area contributed by atoms with Crippen LogP contribution in [0.25, 0.3) is 11.0 Å². The lowest BCUT2D eigenvalue weighted by Crippen LogP contribution is -2.39. The van der Waals surface area contributed by atoms with E-state index in [-0.39, 0.29) is 29.7 Å². The molecule has 3 heterocycles. The Labute approximate surface area is 180 Å². The molecule has 9 heteroatoms. The fourth-order valence-corrected chi connectivity index (χ4v) is 4.06. The van der Waals surface area contributed by atoms with Gasteiger partial charge < -0.3 is 20.9 Å². The summed E-state index contributed by atoms with van der Waals surface area (Å²) in [5.41, 5.74) is 7.90. The zero-order valence-electron chi connectivity index (χ0n) is 17.8. The lowest BCUT2D eigenvalue weighted by molar-refractivity contribution is 0.103. The number of hydrogen-bond donors (Lipinski definition) is 3. The molecule has 1 aliphatic rings. The normalized spacial score (nSPS) is 14.7. The average Bonchev–Trinajstić information content (AvgIpc) is 3.15. The molecule has 31 heavy (non-hydrogen) atoms. The van der Waals surface area contributed by atoms with E-state index in [4.69, 9.17) is 5.73 Å². The van der Waals surface area contributed by atoms with Gasteiger partial charge in [-0.05, 0) is 32.8 Å². The highest BCUT2D eigenvalue weighted by atomic mass is 16.2. The van der Waals surface area contributed by atoms with Crippen LogP contribution in [-0.2, 0) is 0 Å². The summed E-state index contributed by atoms with van der Waals surface area (Å²) in [7, 11) is 0. The van der Waals surface area contributed by atoms with Crippen LogP contribution in [0.4, 0.5) is 16.3 Å². The largest absolute Gasteiger partial charge is 0.383 e. The molecule has 3 aromatic rings. The van der Waals surface area contributed by atoms with Crippen molar-refractivity contribution in [3.63, 3.8) is 0 Å². The van der Waals surface area contributed by atoms with Crippen molar-refractivity contribution in [2.45, 2.75) is 58.0 Å². The average molecular weight is 422 g/mol. The van der Waals surface area contributed by atoms with E-state index in [9.17, 15) is 9.59 Å². The predicted octanol–water partition coefficient (Wildman–Crippen LogP) is 3.67. The first-order chi connectivity index (χ1) is 14.9. The van der Waals surface area contributed by atoms with Gasteiger partial charge in [0.2, 0.25) is 0 Å². The Balaban J connectivity index is 1.58. The molecule has 1 fully saturated rings. The van der Waals surface area contributed by atoms with Gasteiger partial charge in [0, 0.05) is 30.0 Å². The van der Waals surface area contributed by atoms with Gasteiger partial charge in [0.1, 0.15) is 17.8 Å². The molecule has 9 nitrogen and oxygen atoms in total. The summed E-state index contributed by atoms with van der Waals surface area (Å²) in [5.74, 6) is -0.00316. The van der Waals surface area contributed by atoms with Crippen LogP contribution in [-0.4, -0.2) is 37.4 Å². The summed E-state index contributed by atoms with van der Waals surface area (Å²) >= 11 is 0. The van der Waals surface area contributed by atoms with Crippen molar-refractivity contribution in [1.29, 1.82) is 0 Å². The number of carbonyl (C=O) groups is 2. The minimum absolute atomic E-state index is 0.0907. The first kappa shape index (κ1) is 20.8. The molecule has 4 N–H and O–H groups in total. The van der Waals surface area contributed by atoms with Crippen LogP contribution in [0.2, 0.25) is 0 Å². The first-order valence-corrected chi connectivity index (χ1v) is 10.6. The molecule has 0 aliphatic heterocycles. The summed E-state index contributed by atoms with van der Waals surface area (Å²) < 4.78 is 1.90. The van der Waals surface area contributed by atoms with E-state index in [1.165, 1.54) is 25.1 Å². The number of nitrogens with one attached hydrogen (secondary N) is 2. The van der Waals surface area contributed by atoms with E-state index in [1.807, 2.05) is 18.4 Å². The Hall–Kier alpha value is -3.49. The van der Waals surface area contributed by atoms with Crippen molar-refractivity contribution in [2.24, 2.45) is 0 Å². The maximum absolute atomic E-state index is 13.3. The van der Waals surface area contributed by atoms with Gasteiger partial charge >= 0.3 is 6.03 Å². The lowest BCUT2D eigenvalue weighted by Gasteiger charge is -2.22. The van der Waals surface area contributed by atoms with E-state index in [0.717, 1.165) is 25.7 Å². The van der Waals surface area contributed by atoms with Crippen LogP contribution in [0.3, 0.4) is 0 Å². The second-order valence-electron chi connectivity index (χ2n) is 8.23. The fourth-order valence-electron chi connectivity index (χ4n) is 4.06. The highest BCUT2D eigenvalue weighted by molar-refractivity contribution is 6.18. The van der Waals surface area contributed by atoms with Gasteiger partial charge in [0.15, 0.2) is 5.78 Å². The van der Waals surface area contributed by atoms with E-state index >= 15 is 0 Å². The number of pyridine rings is 1. The summed E-state index contributed by atoms with van der Waals surface area (Å²) in [6.45, 7) is 4.01. The molecule has 162 valence electrons. The van der Waals surface area contributed by atoms with E-state index in [0.29, 0.717) is 27.8 Å². The predicted molar refractivity (Wildman–Crippen MR) is 119 cm³/mol. The Bertz CT molecular complexity index is 1120. The van der Waals surface area contributed by atoms with Crippen LogP contribution in [0, 0.1) is 0 Å². The van der Waals surface area contributed by atoms with Crippen LogP contribution in [0.5, 0.6) is 0 Å². The molecule has 0 bridgehead atoms. The van der Waals surface area contributed by atoms with E-state index in [1.54, 1.807) is 12.3 Å². The Morgan fingerprint density at radius 1 is 1.16 bits per heavy atom. The minimum atomic E-state index is -0.285. The van der Waals surface area contributed by atoms with Crippen molar-refractivity contribution in [3.8, 4) is 0 Å². The van der Waals surface area contributed by atoms with Crippen LogP contribution < -0.4 is 16.4 Å². The van der Waals surface area contributed by atoms with Crippen molar-refractivity contribution in [1.82, 2.24) is 24.8 Å². The van der Waals surface area contributed by atoms with Gasteiger partial charge in [-0.2, -0.15) is 0 Å². The highest BCUT2D eigenvalue weighted by Crippen LogP contribution is 2.28. The number of ketones is 1. The molecule has 0 radical (unpaired) electrons. The van der Waals surface area contributed by atoms with Crippen molar-refractivity contribution >= 4 is 34.4 Å². The number of nitrogens with two attached hydrogens (primary N) is 1. The number of nitrogens with zero attached hydrogens (tertiary/aromatic N) is 4. The number of nitrogen functional groups attached to an aromatic ring is 1. The molecule has 0 spiro atoms. The Morgan fingerprint density at radius 3 is 2.68 bits per heavy atom. The smallest absolute Gasteiger partial charge is 0.319 e. The van der Waals surface area contributed by atoms with Crippen molar-refractivity contribution in [2.75, 3.05) is 11.1 Å². The van der Waals surface area contributed by atoms with E-state index < -0.39 is 0 Å². The second-order valence-corrected chi connectivity index (χ2v) is 8.23. The molecule has 0 atom stereocenters. The molecular formula is C22H27N7O2. The number of rotatable bonds is 5. The van der Waals surface area contributed by atoms with Gasteiger partial charge in [-0.15, -0.1) is 0 Å². The molecule has 0 unspecified atom stereocenters. The summed E-state index contributed by atoms with van der Waals surface area (Å²) in [6, 6.07) is 1.62. The molecule has 4 rings (SSSR count). The SMILES string of the molecule is CC(C)n1cc(C(=O)c2cncc(NC(=O)NC3CCCCC3)c2)c2c(N)ncnc21. The molecular weight excluding hydrogens is 394 g/mol. The Morgan fingerprint density at radius 2 is 1.94 bits per heavy atom. The summed E-state index contributed by atoms with van der Waals surface area (Å²) in [5, 5.41) is 6.31. The van der Waals surface area contributed by atoms with E-state index in [2.05, 4.69) is 25.6 Å². The Kier molecular flexibility index (Phi) is 5.83. The van der Waals surface area contributed by atoms with Gasteiger partial charge in [-0.25, -0.2) is 14.8 Å². The zero-order chi connectivity index (χ0) is 22.0. The lowest BCUT2D eigenvalue weighted by atomic mass is 9.96. The van der Waals surface area contributed by atoms with Gasteiger partial charge in [0.05, 0.1) is 22.8 Å². The molecule has 3 aromatic heterocycles. The zero-order valence-corrected chi connectivity index (χ0v) is 17.8. The number of anilines is 2. The highest BCUT2D eigenvalue weighted by Gasteiger charge is 2.22. The fraction of sp³-hybridized carbons (Fsp3) is 0.409. The number of aromatic nitrogens is 4. The third-order valence-corrected chi connectivity index (χ3v) is 5.64. The molecule has 1 aliphatic carbocycles. The monoisotopic (exact) mass is 421 g/mol. The molecule has 1 saturated carbocycles. The van der Waals surface area contributed by atoms with Crippen LogP contribution in [0.15, 0.2) is 31.0 Å². The summed E-state index contributed by atoms with van der Waals surface area (Å²) in [6.07, 6.45) is 11.6. The maximum atomic E-state index is 13.3. The molecule has 0 saturated heterocycles. The first-order valence-electron chi connectivity index (χ1n) is 10.6. The molecule has 0 aromatic carbocycles. The van der Waals surface area contributed by atoms with Gasteiger partial charge in [-0.1, -0.05) is 19.3 Å². The summed E-state index contributed by atoms with van der Waals surface area (Å²) in [4.78, 5) is 38.2. The molecule has 2 amide bonds. The topological polar surface area (TPSA) is 128 Å². The third kappa shape index (κ3) is 4.35. The third-order valence-electron chi connectivity index (χ3n) is 5.64. The quantitative estimate of drug-likeness (QED) is 0.539.